The smallest absolute Gasteiger partial charge is 0.123 e. The number of halogens is 2. The molecule has 0 bridgehead atoms. The van der Waals surface area contributed by atoms with E-state index in [2.05, 4.69) is 21.2 Å². The molecule has 1 atom stereocenters. The van der Waals surface area contributed by atoms with Gasteiger partial charge >= 0.3 is 0 Å². The molecule has 4 heteroatoms. The van der Waals surface area contributed by atoms with Crippen molar-refractivity contribution in [3.63, 3.8) is 0 Å². The van der Waals surface area contributed by atoms with Crippen LogP contribution in [0.4, 0.5) is 4.39 Å². The van der Waals surface area contributed by atoms with E-state index < -0.39 is 0 Å². The molecular formula is C12H11BrFNS. The zero-order chi connectivity index (χ0) is 11.5. The van der Waals surface area contributed by atoms with Crippen LogP contribution < -0.4 is 5.32 Å². The normalized spacial score (nSPS) is 12.7. The Balaban J connectivity index is 2.36. The highest BCUT2D eigenvalue weighted by molar-refractivity contribution is 9.11. The van der Waals surface area contributed by atoms with E-state index in [1.54, 1.807) is 23.5 Å². The summed E-state index contributed by atoms with van der Waals surface area (Å²) in [5, 5.41) is 3.20. The molecule has 0 aliphatic carbocycles. The van der Waals surface area contributed by atoms with Gasteiger partial charge in [0, 0.05) is 4.88 Å². The third-order valence-corrected chi connectivity index (χ3v) is 4.04. The van der Waals surface area contributed by atoms with Gasteiger partial charge in [-0.25, -0.2) is 4.39 Å². The molecule has 1 unspecified atom stereocenters. The number of benzene rings is 1. The second-order valence-electron chi connectivity index (χ2n) is 3.42. The molecular weight excluding hydrogens is 289 g/mol. The lowest BCUT2D eigenvalue weighted by Crippen LogP contribution is -2.16. The average molecular weight is 300 g/mol. The van der Waals surface area contributed by atoms with Gasteiger partial charge in [0.1, 0.15) is 5.82 Å². The Bertz CT molecular complexity index is 483. The fraction of sp³-hybridized carbons (Fsp3) is 0.167. The molecule has 0 aliphatic rings. The van der Waals surface area contributed by atoms with Crippen molar-refractivity contribution in [3.05, 3.63) is 56.4 Å². The Hall–Kier alpha value is -0.710. The van der Waals surface area contributed by atoms with Gasteiger partial charge in [-0.1, -0.05) is 12.1 Å². The van der Waals surface area contributed by atoms with E-state index in [1.165, 1.54) is 10.9 Å². The largest absolute Gasteiger partial charge is 0.309 e. The summed E-state index contributed by atoms with van der Waals surface area (Å²) in [6.45, 7) is 0. The molecule has 0 spiro atoms. The second kappa shape index (κ2) is 5.08. The van der Waals surface area contributed by atoms with Gasteiger partial charge in [-0.2, -0.15) is 0 Å². The van der Waals surface area contributed by atoms with E-state index in [0.717, 1.165) is 9.35 Å². The van der Waals surface area contributed by atoms with Crippen LogP contribution in [0.5, 0.6) is 0 Å². The summed E-state index contributed by atoms with van der Waals surface area (Å²) in [6.07, 6.45) is 0. The minimum Gasteiger partial charge on any atom is -0.309 e. The Labute approximate surface area is 106 Å². The molecule has 0 aliphatic heterocycles. The molecule has 1 N–H and O–H groups in total. The minimum absolute atomic E-state index is 0.0481. The number of hydrogen-bond donors (Lipinski definition) is 1. The SMILES string of the molecule is CNC(c1cccc(F)c1)c1ccc(Br)s1. The Morgan fingerprint density at radius 3 is 2.69 bits per heavy atom. The molecule has 1 aromatic carbocycles. The fourth-order valence-corrected chi connectivity index (χ4v) is 3.20. The van der Waals surface area contributed by atoms with Crippen LogP contribution in [-0.4, -0.2) is 7.05 Å². The van der Waals surface area contributed by atoms with Crippen LogP contribution in [0, 0.1) is 5.82 Å². The maximum atomic E-state index is 13.2. The van der Waals surface area contributed by atoms with Crippen molar-refractivity contribution >= 4 is 27.3 Å². The van der Waals surface area contributed by atoms with Gasteiger partial charge in [0.2, 0.25) is 0 Å². The van der Waals surface area contributed by atoms with Crippen molar-refractivity contribution in [2.24, 2.45) is 0 Å². The van der Waals surface area contributed by atoms with Gasteiger partial charge in [0.05, 0.1) is 9.83 Å². The number of hydrogen-bond acceptors (Lipinski definition) is 2. The van der Waals surface area contributed by atoms with Crippen molar-refractivity contribution in [2.75, 3.05) is 7.05 Å². The van der Waals surface area contributed by atoms with Crippen LogP contribution in [0.2, 0.25) is 0 Å². The van der Waals surface area contributed by atoms with Crippen molar-refractivity contribution in [2.45, 2.75) is 6.04 Å². The lowest BCUT2D eigenvalue weighted by molar-refractivity contribution is 0.618. The maximum absolute atomic E-state index is 13.2. The molecule has 0 radical (unpaired) electrons. The van der Waals surface area contributed by atoms with Gasteiger partial charge in [-0.05, 0) is 52.8 Å². The summed E-state index contributed by atoms with van der Waals surface area (Å²) in [4.78, 5) is 1.17. The van der Waals surface area contributed by atoms with E-state index in [9.17, 15) is 4.39 Å². The number of rotatable bonds is 3. The van der Waals surface area contributed by atoms with Gasteiger partial charge in [-0.3, -0.25) is 0 Å². The van der Waals surface area contributed by atoms with Crippen molar-refractivity contribution in [3.8, 4) is 0 Å². The summed E-state index contributed by atoms with van der Waals surface area (Å²) in [7, 11) is 1.88. The highest BCUT2D eigenvalue weighted by Crippen LogP contribution is 2.31. The minimum atomic E-state index is -0.201. The van der Waals surface area contributed by atoms with Crippen LogP contribution in [0.15, 0.2) is 40.2 Å². The van der Waals surface area contributed by atoms with E-state index in [4.69, 9.17) is 0 Å². The highest BCUT2D eigenvalue weighted by atomic mass is 79.9. The van der Waals surface area contributed by atoms with Crippen LogP contribution in [0.1, 0.15) is 16.5 Å². The first kappa shape index (κ1) is 11.8. The van der Waals surface area contributed by atoms with Crippen LogP contribution >= 0.6 is 27.3 Å². The predicted octanol–water partition coefficient (Wildman–Crippen LogP) is 3.96. The molecule has 0 saturated heterocycles. The first-order chi connectivity index (χ1) is 7.70. The molecule has 1 nitrogen and oxygen atoms in total. The molecule has 2 rings (SSSR count). The zero-order valence-electron chi connectivity index (χ0n) is 8.71. The van der Waals surface area contributed by atoms with Gasteiger partial charge in [-0.15, -0.1) is 11.3 Å². The van der Waals surface area contributed by atoms with Crippen LogP contribution in [-0.2, 0) is 0 Å². The lowest BCUT2D eigenvalue weighted by Gasteiger charge is -2.14. The molecule has 1 aromatic heterocycles. The topological polar surface area (TPSA) is 12.0 Å². The first-order valence-electron chi connectivity index (χ1n) is 4.88. The van der Waals surface area contributed by atoms with E-state index in [0.29, 0.717) is 0 Å². The number of thiophene rings is 1. The summed E-state index contributed by atoms with van der Waals surface area (Å²) >= 11 is 5.09. The van der Waals surface area contributed by atoms with Crippen molar-refractivity contribution < 1.29 is 4.39 Å². The molecule has 0 fully saturated rings. The molecule has 16 heavy (non-hydrogen) atoms. The van der Waals surface area contributed by atoms with E-state index in [1.807, 2.05) is 25.2 Å². The molecule has 0 saturated carbocycles. The molecule has 84 valence electrons. The summed E-state index contributed by atoms with van der Waals surface area (Å²) in [6, 6.07) is 10.8. The summed E-state index contributed by atoms with van der Waals surface area (Å²) in [5.41, 5.74) is 0.942. The monoisotopic (exact) mass is 299 g/mol. The Kier molecular flexibility index (Phi) is 3.74. The van der Waals surface area contributed by atoms with Crippen LogP contribution in [0.3, 0.4) is 0 Å². The quantitative estimate of drug-likeness (QED) is 0.905. The van der Waals surface area contributed by atoms with Crippen molar-refractivity contribution in [1.82, 2.24) is 5.32 Å². The lowest BCUT2D eigenvalue weighted by atomic mass is 10.1. The highest BCUT2D eigenvalue weighted by Gasteiger charge is 2.14. The van der Waals surface area contributed by atoms with Gasteiger partial charge in [0.25, 0.3) is 0 Å². The van der Waals surface area contributed by atoms with Crippen LogP contribution in [0.25, 0.3) is 0 Å². The third-order valence-electron chi connectivity index (χ3n) is 2.35. The standard InChI is InChI=1S/C12H11BrFNS/c1-15-12(10-5-6-11(13)16-10)8-3-2-4-9(14)7-8/h2-7,12,15H,1H3. The van der Waals surface area contributed by atoms with E-state index in [-0.39, 0.29) is 11.9 Å². The average Bonchev–Trinajstić information content (AvgIpc) is 2.66. The van der Waals surface area contributed by atoms with Crippen molar-refractivity contribution in [1.29, 1.82) is 0 Å². The summed E-state index contributed by atoms with van der Waals surface area (Å²) < 4.78 is 14.2. The third kappa shape index (κ3) is 2.51. The first-order valence-corrected chi connectivity index (χ1v) is 6.49. The van der Waals surface area contributed by atoms with Gasteiger partial charge < -0.3 is 5.32 Å². The second-order valence-corrected chi connectivity index (χ2v) is 5.91. The number of nitrogens with one attached hydrogen (secondary N) is 1. The molecule has 0 amide bonds. The van der Waals surface area contributed by atoms with Gasteiger partial charge in [0.15, 0.2) is 0 Å². The predicted molar refractivity (Wildman–Crippen MR) is 69.3 cm³/mol. The van der Waals surface area contributed by atoms with E-state index >= 15 is 0 Å². The zero-order valence-corrected chi connectivity index (χ0v) is 11.1. The Morgan fingerprint density at radius 2 is 2.12 bits per heavy atom. The summed E-state index contributed by atoms with van der Waals surface area (Å²) in [5.74, 6) is -0.201. The maximum Gasteiger partial charge on any atom is 0.123 e. The fourth-order valence-electron chi connectivity index (χ4n) is 1.64. The molecule has 1 heterocycles. The Morgan fingerprint density at radius 1 is 1.31 bits per heavy atom. The molecule has 2 aromatic rings.